The Kier molecular flexibility index (Phi) is 3.77. The fraction of sp³-hybridized carbons (Fsp3) is 0.111. The number of pyridine rings is 1. The number of amides is 1. The van der Waals surface area contributed by atoms with Crippen molar-refractivity contribution in [2.45, 2.75) is 13.8 Å². The van der Waals surface area contributed by atoms with Gasteiger partial charge in [-0.15, -0.1) is 0 Å². The number of benzene rings is 1. The Morgan fingerprint density at radius 1 is 1.20 bits per heavy atom. The van der Waals surface area contributed by atoms with Crippen LogP contribution in [0.5, 0.6) is 0 Å². The summed E-state index contributed by atoms with van der Waals surface area (Å²) in [5.41, 5.74) is 3.82. The van der Waals surface area contributed by atoms with E-state index in [2.05, 4.69) is 20.4 Å². The maximum Gasteiger partial charge on any atom is 0.277 e. The monoisotopic (exact) mass is 350 g/mol. The van der Waals surface area contributed by atoms with E-state index in [0.717, 1.165) is 32.2 Å². The van der Waals surface area contributed by atoms with Crippen molar-refractivity contribution in [3.05, 3.63) is 59.6 Å². The maximum atomic E-state index is 12.2. The molecule has 0 spiro atoms. The number of thiazole rings is 1. The number of rotatable bonds is 3. The van der Waals surface area contributed by atoms with Crippen LogP contribution in [0.15, 0.2) is 47.1 Å². The first-order chi connectivity index (χ1) is 12.1. The summed E-state index contributed by atoms with van der Waals surface area (Å²) in [4.78, 5) is 22.0. The minimum absolute atomic E-state index is 0.262. The molecule has 1 aromatic carbocycles. The van der Waals surface area contributed by atoms with E-state index in [1.165, 1.54) is 0 Å². The smallest absolute Gasteiger partial charge is 0.277 e. The van der Waals surface area contributed by atoms with Crippen LogP contribution in [0.2, 0.25) is 0 Å². The zero-order valence-electron chi connectivity index (χ0n) is 13.6. The van der Waals surface area contributed by atoms with E-state index in [9.17, 15) is 4.79 Å². The van der Waals surface area contributed by atoms with Gasteiger partial charge in [-0.3, -0.25) is 4.79 Å². The molecule has 0 saturated carbocycles. The average molecular weight is 350 g/mol. The first-order valence-electron chi connectivity index (χ1n) is 7.67. The van der Waals surface area contributed by atoms with Crippen molar-refractivity contribution >= 4 is 33.3 Å². The fourth-order valence-electron chi connectivity index (χ4n) is 2.49. The molecular formula is C18H14N4O2S. The van der Waals surface area contributed by atoms with E-state index in [1.807, 2.05) is 37.3 Å². The Morgan fingerprint density at radius 3 is 2.80 bits per heavy atom. The van der Waals surface area contributed by atoms with Gasteiger partial charge in [0.05, 0.1) is 0 Å². The zero-order valence-corrected chi connectivity index (χ0v) is 14.4. The number of nitrogens with zero attached hydrogens (tertiary/aromatic N) is 3. The standard InChI is InChI=1S/C18H14N4O2S/c1-10-8-12(17-21-14-4-3-7-19-18(14)25-17)5-6-13(10)20-16(23)15-9-11(2)24-22-15/h3-9H,1-2H3,(H,20,23). The first-order valence-corrected chi connectivity index (χ1v) is 8.49. The highest BCUT2D eigenvalue weighted by atomic mass is 32.1. The number of hydrogen-bond donors (Lipinski definition) is 1. The van der Waals surface area contributed by atoms with Gasteiger partial charge in [-0.2, -0.15) is 0 Å². The Morgan fingerprint density at radius 2 is 2.08 bits per heavy atom. The number of hydrogen-bond acceptors (Lipinski definition) is 6. The highest BCUT2D eigenvalue weighted by molar-refractivity contribution is 7.21. The van der Waals surface area contributed by atoms with E-state index in [-0.39, 0.29) is 11.6 Å². The van der Waals surface area contributed by atoms with Crippen LogP contribution in [0.3, 0.4) is 0 Å². The molecule has 3 aromatic heterocycles. The predicted molar refractivity (Wildman–Crippen MR) is 96.8 cm³/mol. The molecule has 0 aliphatic heterocycles. The van der Waals surface area contributed by atoms with Crippen LogP contribution in [-0.4, -0.2) is 21.0 Å². The van der Waals surface area contributed by atoms with Crippen LogP contribution >= 0.6 is 11.3 Å². The minimum Gasteiger partial charge on any atom is -0.361 e. The van der Waals surface area contributed by atoms with Gasteiger partial charge in [-0.25, -0.2) is 9.97 Å². The summed E-state index contributed by atoms with van der Waals surface area (Å²) < 4.78 is 4.94. The minimum atomic E-state index is -0.295. The number of nitrogens with one attached hydrogen (secondary N) is 1. The van der Waals surface area contributed by atoms with Crippen molar-refractivity contribution in [2.75, 3.05) is 5.32 Å². The molecule has 4 rings (SSSR count). The maximum absolute atomic E-state index is 12.2. The highest BCUT2D eigenvalue weighted by Gasteiger charge is 2.13. The second-order valence-corrected chi connectivity index (χ2v) is 6.63. The molecule has 7 heteroatoms. The van der Waals surface area contributed by atoms with E-state index in [4.69, 9.17) is 4.52 Å². The fourth-order valence-corrected chi connectivity index (χ4v) is 3.39. The van der Waals surface area contributed by atoms with E-state index >= 15 is 0 Å². The molecule has 124 valence electrons. The normalized spacial score (nSPS) is 11.0. The number of aromatic nitrogens is 3. The molecule has 3 heterocycles. The van der Waals surface area contributed by atoms with Gasteiger partial charge in [0.25, 0.3) is 5.91 Å². The van der Waals surface area contributed by atoms with Crippen molar-refractivity contribution in [3.8, 4) is 10.6 Å². The van der Waals surface area contributed by atoms with Gasteiger partial charge in [0.1, 0.15) is 21.1 Å². The summed E-state index contributed by atoms with van der Waals surface area (Å²) in [6.07, 6.45) is 1.76. The molecule has 0 unspecified atom stereocenters. The molecule has 4 aromatic rings. The molecule has 0 saturated heterocycles. The van der Waals surface area contributed by atoms with Crippen molar-refractivity contribution in [1.29, 1.82) is 0 Å². The summed E-state index contributed by atoms with van der Waals surface area (Å²) in [7, 11) is 0. The van der Waals surface area contributed by atoms with Crippen molar-refractivity contribution in [3.63, 3.8) is 0 Å². The van der Waals surface area contributed by atoms with Crippen molar-refractivity contribution in [1.82, 2.24) is 15.1 Å². The summed E-state index contributed by atoms with van der Waals surface area (Å²) in [5, 5.41) is 7.49. The van der Waals surface area contributed by atoms with Crippen LogP contribution in [0.25, 0.3) is 20.9 Å². The zero-order chi connectivity index (χ0) is 17.4. The Balaban J connectivity index is 1.61. The first kappa shape index (κ1) is 15.5. The lowest BCUT2D eigenvalue weighted by molar-refractivity contribution is 0.101. The highest BCUT2D eigenvalue weighted by Crippen LogP contribution is 2.31. The van der Waals surface area contributed by atoms with Gasteiger partial charge < -0.3 is 9.84 Å². The van der Waals surface area contributed by atoms with Gasteiger partial charge in [0.2, 0.25) is 0 Å². The van der Waals surface area contributed by atoms with Crippen molar-refractivity contribution < 1.29 is 9.32 Å². The Hall–Kier alpha value is -3.06. The second-order valence-electron chi connectivity index (χ2n) is 5.65. The van der Waals surface area contributed by atoms with Gasteiger partial charge in [0, 0.05) is 23.5 Å². The molecule has 6 nitrogen and oxygen atoms in total. The molecule has 0 aliphatic rings. The number of fused-ring (bicyclic) bond motifs is 1. The molecule has 1 N–H and O–H groups in total. The molecular weight excluding hydrogens is 336 g/mol. The quantitative estimate of drug-likeness (QED) is 0.598. The van der Waals surface area contributed by atoms with Gasteiger partial charge in [-0.05, 0) is 49.7 Å². The van der Waals surface area contributed by atoms with Crippen LogP contribution in [-0.2, 0) is 0 Å². The lowest BCUT2D eigenvalue weighted by Crippen LogP contribution is -2.13. The summed E-state index contributed by atoms with van der Waals surface area (Å²) >= 11 is 1.55. The van der Waals surface area contributed by atoms with E-state index in [1.54, 1.807) is 30.5 Å². The van der Waals surface area contributed by atoms with Gasteiger partial charge in [-0.1, -0.05) is 16.5 Å². The lowest BCUT2D eigenvalue weighted by Gasteiger charge is -2.08. The number of anilines is 1. The molecule has 0 radical (unpaired) electrons. The number of aryl methyl sites for hydroxylation is 2. The largest absolute Gasteiger partial charge is 0.361 e. The topological polar surface area (TPSA) is 80.9 Å². The molecule has 0 bridgehead atoms. The number of carbonyl (C=O) groups excluding carboxylic acids is 1. The third kappa shape index (κ3) is 3.01. The predicted octanol–water partition coefficient (Wildman–Crippen LogP) is 4.22. The third-order valence-corrected chi connectivity index (χ3v) is 4.78. The SMILES string of the molecule is Cc1cc(C(=O)Nc2ccc(-c3nc4cccnc4s3)cc2C)no1. The van der Waals surface area contributed by atoms with E-state index in [0.29, 0.717) is 5.76 Å². The third-order valence-electron chi connectivity index (χ3n) is 3.75. The van der Waals surface area contributed by atoms with Crippen molar-refractivity contribution in [2.24, 2.45) is 0 Å². The lowest BCUT2D eigenvalue weighted by atomic mass is 10.1. The van der Waals surface area contributed by atoms with Gasteiger partial charge in [0.15, 0.2) is 5.69 Å². The average Bonchev–Trinajstić information content (AvgIpc) is 3.22. The molecule has 0 fully saturated rings. The van der Waals surface area contributed by atoms with Crippen LogP contribution in [0.4, 0.5) is 5.69 Å². The molecule has 25 heavy (non-hydrogen) atoms. The van der Waals surface area contributed by atoms with E-state index < -0.39 is 0 Å². The second kappa shape index (κ2) is 6.10. The number of carbonyl (C=O) groups is 1. The summed E-state index contributed by atoms with van der Waals surface area (Å²) in [6.45, 7) is 3.69. The summed E-state index contributed by atoms with van der Waals surface area (Å²) in [6, 6.07) is 11.2. The Bertz CT molecular complexity index is 1050. The Labute approximate surface area is 147 Å². The van der Waals surface area contributed by atoms with Gasteiger partial charge >= 0.3 is 0 Å². The van der Waals surface area contributed by atoms with Crippen LogP contribution < -0.4 is 5.32 Å². The summed E-state index contributed by atoms with van der Waals surface area (Å²) in [5.74, 6) is 0.304. The molecule has 1 amide bonds. The van der Waals surface area contributed by atoms with Crippen LogP contribution in [0.1, 0.15) is 21.8 Å². The molecule has 0 atom stereocenters. The molecule has 0 aliphatic carbocycles. The van der Waals surface area contributed by atoms with Crippen LogP contribution in [0, 0.1) is 13.8 Å².